The number of hydrogen-bond donors (Lipinski definition) is 1. The molecule has 2 aliphatic heterocycles. The van der Waals surface area contributed by atoms with Crippen LogP contribution in [0, 0.1) is 5.92 Å². The monoisotopic (exact) mass is 545 g/mol. The number of esters is 1. The normalized spacial score (nSPS) is 21.1. The number of piperidine rings is 1. The standard InChI is InChI=1S/C23H35N3O4.HI/c1-4-30-21(27)18-6-5-13-26(16-18)22(24-2)25-17-23(11-14-29-15-12-23)19-7-9-20(28-3)10-8-19;/h7-10,18H,4-6,11-17H2,1-3H3,(H,24,25);1H. The van der Waals surface area contributed by atoms with E-state index in [2.05, 4.69) is 27.3 Å². The predicted octanol–water partition coefficient (Wildman–Crippen LogP) is 3.21. The Morgan fingerprint density at radius 2 is 2.00 bits per heavy atom. The zero-order chi connectivity index (χ0) is 21.4. The fourth-order valence-electron chi connectivity index (χ4n) is 4.48. The number of nitrogens with one attached hydrogen (secondary N) is 1. The van der Waals surface area contributed by atoms with Gasteiger partial charge in [0.05, 0.1) is 19.6 Å². The summed E-state index contributed by atoms with van der Waals surface area (Å²) in [6, 6.07) is 8.37. The van der Waals surface area contributed by atoms with Crippen molar-refractivity contribution in [2.45, 2.75) is 38.0 Å². The number of nitrogens with zero attached hydrogens (tertiary/aromatic N) is 2. The first-order valence-electron chi connectivity index (χ1n) is 11.0. The van der Waals surface area contributed by atoms with Crippen molar-refractivity contribution in [1.29, 1.82) is 0 Å². The number of likely N-dealkylation sites (tertiary alicyclic amines) is 1. The summed E-state index contributed by atoms with van der Waals surface area (Å²) in [5.74, 6) is 1.53. The number of hydrogen-bond acceptors (Lipinski definition) is 5. The topological polar surface area (TPSA) is 72.4 Å². The third-order valence-corrected chi connectivity index (χ3v) is 6.29. The Labute approximate surface area is 202 Å². The molecular weight excluding hydrogens is 509 g/mol. The zero-order valence-corrected chi connectivity index (χ0v) is 21.2. The fourth-order valence-corrected chi connectivity index (χ4v) is 4.48. The molecule has 174 valence electrons. The van der Waals surface area contributed by atoms with E-state index < -0.39 is 0 Å². The van der Waals surface area contributed by atoms with E-state index >= 15 is 0 Å². The van der Waals surface area contributed by atoms with Crippen LogP contribution in [0.3, 0.4) is 0 Å². The Morgan fingerprint density at radius 1 is 1.29 bits per heavy atom. The summed E-state index contributed by atoms with van der Waals surface area (Å²) in [4.78, 5) is 18.9. The first-order chi connectivity index (χ1) is 14.6. The Kier molecular flexibility index (Phi) is 10.3. The maximum Gasteiger partial charge on any atom is 0.310 e. The van der Waals surface area contributed by atoms with Gasteiger partial charge in [-0.2, -0.15) is 0 Å². The molecule has 0 amide bonds. The lowest BCUT2D eigenvalue weighted by atomic mass is 9.74. The minimum Gasteiger partial charge on any atom is -0.497 e. The summed E-state index contributed by atoms with van der Waals surface area (Å²) in [5, 5.41) is 3.61. The van der Waals surface area contributed by atoms with Crippen molar-refractivity contribution in [3.8, 4) is 5.75 Å². The van der Waals surface area contributed by atoms with Gasteiger partial charge in [-0.05, 0) is 50.3 Å². The second kappa shape index (κ2) is 12.5. The van der Waals surface area contributed by atoms with Crippen LogP contribution in [0.1, 0.15) is 38.2 Å². The highest BCUT2D eigenvalue weighted by molar-refractivity contribution is 14.0. The summed E-state index contributed by atoms with van der Waals surface area (Å²) >= 11 is 0. The molecule has 3 rings (SSSR count). The van der Waals surface area contributed by atoms with E-state index in [4.69, 9.17) is 14.2 Å². The van der Waals surface area contributed by atoms with Crippen molar-refractivity contribution < 1.29 is 19.0 Å². The molecule has 0 radical (unpaired) electrons. The minimum absolute atomic E-state index is 0. The molecule has 2 heterocycles. The predicted molar refractivity (Wildman–Crippen MR) is 132 cm³/mol. The molecule has 0 spiro atoms. The Morgan fingerprint density at radius 3 is 2.61 bits per heavy atom. The molecule has 0 bridgehead atoms. The van der Waals surface area contributed by atoms with Gasteiger partial charge in [-0.25, -0.2) is 0 Å². The summed E-state index contributed by atoms with van der Waals surface area (Å²) in [6.07, 6.45) is 3.74. The third-order valence-electron chi connectivity index (χ3n) is 6.29. The summed E-state index contributed by atoms with van der Waals surface area (Å²) in [6.45, 7) is 6.10. The highest BCUT2D eigenvalue weighted by Crippen LogP contribution is 2.35. The Balaban J connectivity index is 0.00000341. The molecule has 1 unspecified atom stereocenters. The number of benzene rings is 1. The molecule has 1 N–H and O–H groups in total. The number of ether oxygens (including phenoxy) is 3. The van der Waals surface area contributed by atoms with Gasteiger partial charge in [0, 0.05) is 45.3 Å². The lowest BCUT2D eigenvalue weighted by Crippen LogP contribution is -2.52. The highest BCUT2D eigenvalue weighted by Gasteiger charge is 2.36. The van der Waals surface area contributed by atoms with Crippen LogP contribution in [0.5, 0.6) is 5.75 Å². The fraction of sp³-hybridized carbons (Fsp3) is 0.652. The molecule has 0 saturated carbocycles. The maximum atomic E-state index is 12.2. The summed E-state index contributed by atoms with van der Waals surface area (Å²) < 4.78 is 16.2. The van der Waals surface area contributed by atoms with Gasteiger partial charge >= 0.3 is 5.97 Å². The van der Waals surface area contributed by atoms with Gasteiger partial charge in [0.1, 0.15) is 5.75 Å². The summed E-state index contributed by atoms with van der Waals surface area (Å²) in [7, 11) is 3.49. The molecule has 0 aromatic heterocycles. The second-order valence-electron chi connectivity index (χ2n) is 8.06. The molecule has 2 aliphatic rings. The van der Waals surface area contributed by atoms with Gasteiger partial charge in [0.2, 0.25) is 0 Å². The molecule has 1 atom stereocenters. The average Bonchev–Trinajstić information content (AvgIpc) is 2.80. The number of rotatable bonds is 6. The van der Waals surface area contributed by atoms with Gasteiger partial charge in [-0.3, -0.25) is 9.79 Å². The van der Waals surface area contributed by atoms with Crippen molar-refractivity contribution >= 4 is 35.9 Å². The Hall–Kier alpha value is -1.55. The average molecular weight is 545 g/mol. The van der Waals surface area contributed by atoms with Gasteiger partial charge in [0.15, 0.2) is 5.96 Å². The van der Waals surface area contributed by atoms with E-state index in [1.807, 2.05) is 19.1 Å². The van der Waals surface area contributed by atoms with Crippen LogP contribution in [0.4, 0.5) is 0 Å². The molecule has 1 aromatic rings. The third kappa shape index (κ3) is 6.47. The molecule has 0 aliphatic carbocycles. The number of halogens is 1. The number of carbonyl (C=O) groups excluding carboxylic acids is 1. The zero-order valence-electron chi connectivity index (χ0n) is 18.9. The van der Waals surface area contributed by atoms with Crippen molar-refractivity contribution in [3.63, 3.8) is 0 Å². The van der Waals surface area contributed by atoms with Gasteiger partial charge in [-0.1, -0.05) is 12.1 Å². The van der Waals surface area contributed by atoms with Crippen LogP contribution in [0.15, 0.2) is 29.3 Å². The first kappa shape index (κ1) is 25.7. The molecule has 2 saturated heterocycles. The van der Waals surface area contributed by atoms with E-state index in [1.54, 1.807) is 14.2 Å². The van der Waals surface area contributed by atoms with Crippen molar-refractivity contribution in [1.82, 2.24) is 10.2 Å². The van der Waals surface area contributed by atoms with Crippen LogP contribution in [0.25, 0.3) is 0 Å². The van der Waals surface area contributed by atoms with Gasteiger partial charge < -0.3 is 24.4 Å². The SMILES string of the molecule is CCOC(=O)C1CCCN(C(=NC)NCC2(c3ccc(OC)cc3)CCOCC2)C1.I. The van der Waals surface area contributed by atoms with E-state index in [1.165, 1.54) is 5.56 Å². The van der Waals surface area contributed by atoms with Crippen LogP contribution < -0.4 is 10.1 Å². The summed E-state index contributed by atoms with van der Waals surface area (Å²) in [5.41, 5.74) is 1.27. The van der Waals surface area contributed by atoms with E-state index in [9.17, 15) is 4.79 Å². The lowest BCUT2D eigenvalue weighted by Gasteiger charge is -2.40. The van der Waals surface area contributed by atoms with E-state index in [0.717, 1.165) is 63.7 Å². The van der Waals surface area contributed by atoms with Crippen LogP contribution in [-0.2, 0) is 19.7 Å². The van der Waals surface area contributed by atoms with Crippen molar-refractivity contribution in [2.24, 2.45) is 10.9 Å². The van der Waals surface area contributed by atoms with Crippen LogP contribution in [0.2, 0.25) is 0 Å². The molecular formula is C23H36IN3O4. The number of methoxy groups -OCH3 is 1. The van der Waals surface area contributed by atoms with Crippen molar-refractivity contribution in [3.05, 3.63) is 29.8 Å². The highest BCUT2D eigenvalue weighted by atomic mass is 127. The first-order valence-corrected chi connectivity index (χ1v) is 11.0. The number of aliphatic imine (C=N–C) groups is 1. The van der Waals surface area contributed by atoms with Crippen LogP contribution in [-0.4, -0.2) is 70.4 Å². The van der Waals surface area contributed by atoms with Crippen LogP contribution >= 0.6 is 24.0 Å². The molecule has 7 nitrogen and oxygen atoms in total. The molecule has 2 fully saturated rings. The quantitative estimate of drug-likeness (QED) is 0.256. The van der Waals surface area contributed by atoms with E-state index in [0.29, 0.717) is 13.2 Å². The number of guanidine groups is 1. The number of carbonyl (C=O) groups is 1. The minimum atomic E-state index is -0.100. The lowest BCUT2D eigenvalue weighted by molar-refractivity contribution is -0.149. The maximum absolute atomic E-state index is 12.2. The Bertz CT molecular complexity index is 720. The second-order valence-corrected chi connectivity index (χ2v) is 8.06. The smallest absolute Gasteiger partial charge is 0.310 e. The molecule has 1 aromatic carbocycles. The largest absolute Gasteiger partial charge is 0.497 e. The van der Waals surface area contributed by atoms with E-state index in [-0.39, 0.29) is 41.3 Å². The van der Waals surface area contributed by atoms with Gasteiger partial charge in [0.25, 0.3) is 0 Å². The van der Waals surface area contributed by atoms with Crippen molar-refractivity contribution in [2.75, 3.05) is 53.6 Å². The van der Waals surface area contributed by atoms with Gasteiger partial charge in [-0.15, -0.1) is 24.0 Å². The molecule has 8 heteroatoms. The molecule has 31 heavy (non-hydrogen) atoms.